The van der Waals surface area contributed by atoms with Crippen molar-refractivity contribution in [2.45, 2.75) is 0 Å². The molecule has 0 aliphatic rings. The van der Waals surface area contributed by atoms with E-state index in [0.29, 0.717) is 0 Å². The van der Waals surface area contributed by atoms with Crippen LogP contribution in [-0.2, 0) is 0 Å². The van der Waals surface area contributed by atoms with Gasteiger partial charge in [-0.25, -0.2) is 0 Å². The first-order valence-corrected chi connectivity index (χ1v) is 5.68. The molecule has 106 valence electrons. The van der Waals surface area contributed by atoms with Crippen LogP contribution in [0.4, 0.5) is 11.6 Å². The quantitative estimate of drug-likeness (QED) is 0.361. The van der Waals surface area contributed by atoms with Crippen molar-refractivity contribution >= 4 is 23.4 Å². The van der Waals surface area contributed by atoms with Gasteiger partial charge < -0.3 is 4.42 Å². The molecular weight excluding hydrogens is 280 g/mol. The Hall–Kier alpha value is -3.29. The summed E-state index contributed by atoms with van der Waals surface area (Å²) >= 11 is 0. The van der Waals surface area contributed by atoms with Crippen molar-refractivity contribution in [1.82, 2.24) is 0 Å². The topological polar surface area (TPSA) is 116 Å². The van der Waals surface area contributed by atoms with E-state index < -0.39 is 21.5 Å². The van der Waals surface area contributed by atoms with E-state index in [1.165, 1.54) is 30.3 Å². The number of hydrogen-bond acceptors (Lipinski definition) is 6. The van der Waals surface area contributed by atoms with Gasteiger partial charge in [-0.2, -0.15) is 0 Å². The van der Waals surface area contributed by atoms with Gasteiger partial charge in [-0.05, 0) is 18.2 Å². The number of furan rings is 1. The number of carbonyl (C=O) groups is 1. The van der Waals surface area contributed by atoms with E-state index in [-0.39, 0.29) is 17.0 Å². The summed E-state index contributed by atoms with van der Waals surface area (Å²) in [6, 6.07) is 7.77. The molecule has 2 aromatic rings. The van der Waals surface area contributed by atoms with Gasteiger partial charge in [0.05, 0.1) is 11.0 Å². The van der Waals surface area contributed by atoms with Gasteiger partial charge in [0.1, 0.15) is 10.7 Å². The molecule has 0 saturated heterocycles. The molecule has 0 atom stereocenters. The predicted molar refractivity (Wildman–Crippen MR) is 71.8 cm³/mol. The largest absolute Gasteiger partial charge is 0.433 e. The number of nitrogens with zero attached hydrogens (tertiary/aromatic N) is 2. The Morgan fingerprint density at radius 1 is 1.10 bits per heavy atom. The van der Waals surface area contributed by atoms with Gasteiger partial charge in [-0.15, -0.1) is 0 Å². The Bertz CT molecular complexity index is 747. The molecular formula is C13H8N2O6. The zero-order chi connectivity index (χ0) is 15.4. The number of ketones is 1. The second kappa shape index (κ2) is 5.78. The van der Waals surface area contributed by atoms with Crippen LogP contribution < -0.4 is 0 Å². The Labute approximate surface area is 117 Å². The van der Waals surface area contributed by atoms with Crippen LogP contribution in [0.25, 0.3) is 6.08 Å². The fraction of sp³-hybridized carbons (Fsp3) is 0. The highest BCUT2D eigenvalue weighted by Crippen LogP contribution is 2.18. The van der Waals surface area contributed by atoms with Gasteiger partial charge in [-0.1, -0.05) is 12.1 Å². The first-order chi connectivity index (χ1) is 9.97. The van der Waals surface area contributed by atoms with E-state index in [0.717, 1.165) is 18.2 Å². The summed E-state index contributed by atoms with van der Waals surface area (Å²) in [4.78, 5) is 31.6. The zero-order valence-electron chi connectivity index (χ0n) is 10.5. The van der Waals surface area contributed by atoms with Crippen molar-refractivity contribution in [3.63, 3.8) is 0 Å². The van der Waals surface area contributed by atoms with E-state index >= 15 is 0 Å². The number of carbonyl (C=O) groups excluding carboxylic acids is 1. The summed E-state index contributed by atoms with van der Waals surface area (Å²) in [5.41, 5.74) is -0.0515. The monoisotopic (exact) mass is 288 g/mol. The van der Waals surface area contributed by atoms with Crippen LogP contribution in [0, 0.1) is 20.2 Å². The minimum absolute atomic E-state index is 0.139. The van der Waals surface area contributed by atoms with Crippen LogP contribution >= 0.6 is 0 Å². The molecule has 1 aromatic heterocycles. The Morgan fingerprint density at radius 2 is 1.86 bits per heavy atom. The lowest BCUT2D eigenvalue weighted by atomic mass is 10.1. The SMILES string of the molecule is O=C(C=Cc1ccc([N+](=O)[O-])o1)c1cccc([N+](=O)[O-])c1. The van der Waals surface area contributed by atoms with Crippen molar-refractivity contribution in [2.24, 2.45) is 0 Å². The molecule has 2 rings (SSSR count). The first-order valence-electron chi connectivity index (χ1n) is 5.68. The van der Waals surface area contributed by atoms with E-state index in [2.05, 4.69) is 0 Å². The Kier molecular flexibility index (Phi) is 3.89. The molecule has 0 saturated carbocycles. The van der Waals surface area contributed by atoms with E-state index in [1.54, 1.807) is 0 Å². The average Bonchev–Trinajstić information content (AvgIpc) is 2.94. The van der Waals surface area contributed by atoms with Gasteiger partial charge in [0.25, 0.3) is 5.69 Å². The summed E-state index contributed by atoms with van der Waals surface area (Å²) in [5, 5.41) is 21.1. The molecule has 0 amide bonds. The molecule has 8 nitrogen and oxygen atoms in total. The summed E-state index contributed by atoms with van der Waals surface area (Å²) < 4.78 is 4.85. The van der Waals surface area contributed by atoms with Gasteiger partial charge >= 0.3 is 5.88 Å². The highest BCUT2D eigenvalue weighted by Gasteiger charge is 2.11. The third-order valence-corrected chi connectivity index (χ3v) is 2.53. The fourth-order valence-electron chi connectivity index (χ4n) is 1.56. The maximum absolute atomic E-state index is 11.8. The summed E-state index contributed by atoms with van der Waals surface area (Å²) in [6.45, 7) is 0. The van der Waals surface area contributed by atoms with Crippen LogP contribution in [-0.4, -0.2) is 15.6 Å². The number of non-ortho nitro benzene ring substituents is 1. The van der Waals surface area contributed by atoms with E-state index in [4.69, 9.17) is 4.42 Å². The minimum atomic E-state index is -0.695. The highest BCUT2D eigenvalue weighted by atomic mass is 16.6. The normalized spacial score (nSPS) is 10.7. The van der Waals surface area contributed by atoms with Gasteiger partial charge in [0, 0.05) is 17.7 Å². The molecule has 0 spiro atoms. The van der Waals surface area contributed by atoms with Crippen LogP contribution in [0.3, 0.4) is 0 Å². The van der Waals surface area contributed by atoms with Crippen molar-refractivity contribution in [3.05, 3.63) is 74.0 Å². The van der Waals surface area contributed by atoms with Crippen LogP contribution in [0.5, 0.6) is 0 Å². The number of nitro groups is 2. The molecule has 8 heteroatoms. The van der Waals surface area contributed by atoms with Crippen molar-refractivity contribution in [2.75, 3.05) is 0 Å². The number of allylic oxidation sites excluding steroid dienone is 1. The summed E-state index contributed by atoms with van der Waals surface area (Å²) in [6.07, 6.45) is 2.38. The van der Waals surface area contributed by atoms with Crippen LogP contribution in [0.15, 0.2) is 46.9 Å². The maximum Gasteiger partial charge on any atom is 0.433 e. The molecule has 21 heavy (non-hydrogen) atoms. The highest BCUT2D eigenvalue weighted by molar-refractivity contribution is 6.07. The van der Waals surface area contributed by atoms with Gasteiger partial charge in [0.2, 0.25) is 0 Å². The first kappa shape index (κ1) is 14.1. The standard InChI is InChI=1S/C13H8N2O6/c16-12(9-2-1-3-10(8-9)14(17)18)6-4-11-5-7-13(21-11)15(19)20/h1-8H. The lowest BCUT2D eigenvalue weighted by molar-refractivity contribution is -0.402. The molecule has 0 fully saturated rings. The molecule has 0 aliphatic carbocycles. The molecule has 0 radical (unpaired) electrons. The Morgan fingerprint density at radius 3 is 2.48 bits per heavy atom. The van der Waals surface area contributed by atoms with Crippen LogP contribution in [0.1, 0.15) is 16.1 Å². The van der Waals surface area contributed by atoms with Crippen molar-refractivity contribution in [1.29, 1.82) is 0 Å². The van der Waals surface area contributed by atoms with Crippen molar-refractivity contribution in [3.8, 4) is 0 Å². The van der Waals surface area contributed by atoms with Gasteiger partial charge in [-0.3, -0.25) is 25.0 Å². The molecule has 0 aliphatic heterocycles. The number of hydrogen-bond donors (Lipinski definition) is 0. The lowest BCUT2D eigenvalue weighted by Crippen LogP contribution is -1.96. The predicted octanol–water partition coefficient (Wildman–Crippen LogP) is 2.99. The second-order valence-electron chi connectivity index (χ2n) is 3.94. The molecule has 1 aromatic carbocycles. The second-order valence-corrected chi connectivity index (χ2v) is 3.94. The number of benzene rings is 1. The summed E-state index contributed by atoms with van der Waals surface area (Å²) in [5.74, 6) is -0.768. The average molecular weight is 288 g/mol. The van der Waals surface area contributed by atoms with E-state index in [9.17, 15) is 25.0 Å². The van der Waals surface area contributed by atoms with Gasteiger partial charge in [0.15, 0.2) is 5.78 Å². The lowest BCUT2D eigenvalue weighted by Gasteiger charge is -1.95. The van der Waals surface area contributed by atoms with E-state index in [1.807, 2.05) is 0 Å². The number of rotatable bonds is 5. The minimum Gasteiger partial charge on any atom is -0.401 e. The molecule has 0 bridgehead atoms. The Balaban J connectivity index is 2.16. The van der Waals surface area contributed by atoms with Crippen LogP contribution in [0.2, 0.25) is 0 Å². The molecule has 0 N–H and O–H groups in total. The third-order valence-electron chi connectivity index (χ3n) is 2.53. The van der Waals surface area contributed by atoms with Crippen molar-refractivity contribution < 1.29 is 19.1 Å². The number of nitro benzene ring substituents is 1. The smallest absolute Gasteiger partial charge is 0.401 e. The zero-order valence-corrected chi connectivity index (χ0v) is 10.5. The third kappa shape index (κ3) is 3.38. The maximum atomic E-state index is 11.8. The molecule has 1 heterocycles. The summed E-state index contributed by atoms with van der Waals surface area (Å²) in [7, 11) is 0. The fourth-order valence-corrected chi connectivity index (χ4v) is 1.56. The molecule has 0 unspecified atom stereocenters.